The first-order valence-electron chi connectivity index (χ1n) is 5.40. The van der Waals surface area contributed by atoms with E-state index in [0.29, 0.717) is 10.7 Å². The second-order valence-electron chi connectivity index (χ2n) is 3.65. The normalized spacial score (nSPS) is 9.89. The molecule has 0 aliphatic rings. The van der Waals surface area contributed by atoms with Crippen LogP contribution in [0.2, 0.25) is 0 Å². The minimum absolute atomic E-state index is 0.153. The van der Waals surface area contributed by atoms with Crippen molar-refractivity contribution in [3.8, 4) is 6.07 Å². The van der Waals surface area contributed by atoms with Gasteiger partial charge in [-0.05, 0) is 17.7 Å². The Hall–Kier alpha value is -1.91. The predicted molar refractivity (Wildman–Crippen MR) is 74.9 cm³/mol. The van der Waals surface area contributed by atoms with Gasteiger partial charge in [0.05, 0.1) is 11.6 Å². The highest BCUT2D eigenvalue weighted by atomic mass is 32.2. The molecule has 0 radical (unpaired) electrons. The number of benzene rings is 1. The number of rotatable bonds is 4. The monoisotopic (exact) mass is 290 g/mol. The average Bonchev–Trinajstić information content (AvgIpc) is 2.84. The summed E-state index contributed by atoms with van der Waals surface area (Å²) in [5.41, 5.74) is 1.76. The van der Waals surface area contributed by atoms with Crippen LogP contribution in [0.5, 0.6) is 0 Å². The summed E-state index contributed by atoms with van der Waals surface area (Å²) in [7, 11) is 0. The summed E-state index contributed by atoms with van der Waals surface area (Å²) in [6.45, 7) is 1.44. The highest BCUT2D eigenvalue weighted by molar-refractivity contribution is 8.00. The highest BCUT2D eigenvalue weighted by Gasteiger charge is 2.06. The standard InChI is InChI=1S/C12H10N4OS2/c1-8(17)14-11-15-16-12(19-11)18-7-10-4-2-9(6-13)3-5-10/h2-5H,7H2,1H3,(H,14,15,17). The van der Waals surface area contributed by atoms with Crippen LogP contribution in [0.3, 0.4) is 0 Å². The number of carbonyl (C=O) groups excluding carboxylic acids is 1. The van der Waals surface area contributed by atoms with E-state index in [1.54, 1.807) is 23.9 Å². The summed E-state index contributed by atoms with van der Waals surface area (Å²) in [4.78, 5) is 10.9. The lowest BCUT2D eigenvalue weighted by Crippen LogP contribution is -2.04. The van der Waals surface area contributed by atoms with E-state index in [0.717, 1.165) is 15.7 Å². The molecule has 0 aliphatic carbocycles. The summed E-state index contributed by atoms with van der Waals surface area (Å²) in [6, 6.07) is 9.50. The van der Waals surface area contributed by atoms with E-state index < -0.39 is 0 Å². The Bertz CT molecular complexity index is 615. The van der Waals surface area contributed by atoms with E-state index in [1.807, 2.05) is 12.1 Å². The Balaban J connectivity index is 1.92. The fourth-order valence-corrected chi connectivity index (χ4v) is 3.04. The number of nitriles is 1. The van der Waals surface area contributed by atoms with Crippen molar-refractivity contribution in [1.82, 2.24) is 10.2 Å². The Kier molecular flexibility index (Phi) is 4.49. The zero-order valence-corrected chi connectivity index (χ0v) is 11.7. The van der Waals surface area contributed by atoms with Crippen LogP contribution in [-0.2, 0) is 10.5 Å². The molecule has 0 spiro atoms. The molecule has 0 aliphatic heterocycles. The first kappa shape index (κ1) is 13.5. The summed E-state index contributed by atoms with van der Waals surface area (Å²) < 4.78 is 0.799. The molecule has 0 unspecified atom stereocenters. The van der Waals surface area contributed by atoms with Crippen LogP contribution in [0.25, 0.3) is 0 Å². The number of thioether (sulfide) groups is 1. The van der Waals surface area contributed by atoms with Crippen LogP contribution in [0.15, 0.2) is 28.6 Å². The molecule has 0 atom stereocenters. The van der Waals surface area contributed by atoms with Crippen LogP contribution >= 0.6 is 23.1 Å². The second-order valence-corrected chi connectivity index (χ2v) is 5.85. The Morgan fingerprint density at radius 1 is 1.42 bits per heavy atom. The largest absolute Gasteiger partial charge is 0.301 e. The fraction of sp³-hybridized carbons (Fsp3) is 0.167. The van der Waals surface area contributed by atoms with Crippen molar-refractivity contribution in [3.05, 3.63) is 35.4 Å². The molecule has 2 aromatic rings. The lowest BCUT2D eigenvalue weighted by atomic mass is 10.2. The number of aromatic nitrogens is 2. The number of nitrogens with zero attached hydrogens (tertiary/aromatic N) is 3. The van der Waals surface area contributed by atoms with Gasteiger partial charge < -0.3 is 5.32 Å². The van der Waals surface area contributed by atoms with Gasteiger partial charge in [-0.25, -0.2) is 0 Å². The maximum atomic E-state index is 10.9. The van der Waals surface area contributed by atoms with E-state index >= 15 is 0 Å². The maximum Gasteiger partial charge on any atom is 0.223 e. The minimum atomic E-state index is -0.153. The predicted octanol–water partition coefficient (Wildman–Crippen LogP) is 2.66. The summed E-state index contributed by atoms with van der Waals surface area (Å²) in [5.74, 6) is 0.597. The van der Waals surface area contributed by atoms with Crippen molar-refractivity contribution in [3.63, 3.8) is 0 Å². The van der Waals surface area contributed by atoms with Gasteiger partial charge in [0.25, 0.3) is 0 Å². The molecule has 19 heavy (non-hydrogen) atoms. The van der Waals surface area contributed by atoms with Gasteiger partial charge in [0.2, 0.25) is 11.0 Å². The van der Waals surface area contributed by atoms with Gasteiger partial charge in [0, 0.05) is 12.7 Å². The summed E-state index contributed by atoms with van der Waals surface area (Å²) in [6.07, 6.45) is 0. The van der Waals surface area contributed by atoms with E-state index in [9.17, 15) is 4.79 Å². The molecule has 2 rings (SSSR count). The molecular weight excluding hydrogens is 280 g/mol. The third-order valence-corrected chi connectivity index (χ3v) is 4.18. The molecule has 1 aromatic carbocycles. The van der Waals surface area contributed by atoms with Crippen molar-refractivity contribution in [2.24, 2.45) is 0 Å². The zero-order chi connectivity index (χ0) is 13.7. The van der Waals surface area contributed by atoms with Crippen molar-refractivity contribution >= 4 is 34.1 Å². The van der Waals surface area contributed by atoms with Crippen molar-refractivity contribution in [2.45, 2.75) is 17.0 Å². The van der Waals surface area contributed by atoms with E-state index in [1.165, 1.54) is 18.3 Å². The summed E-state index contributed by atoms with van der Waals surface area (Å²) >= 11 is 2.89. The molecule has 7 heteroatoms. The van der Waals surface area contributed by atoms with Gasteiger partial charge in [-0.1, -0.05) is 35.2 Å². The van der Waals surface area contributed by atoms with Crippen molar-refractivity contribution in [1.29, 1.82) is 5.26 Å². The second kappa shape index (κ2) is 6.31. The molecule has 0 fully saturated rings. The van der Waals surface area contributed by atoms with Gasteiger partial charge in [-0.2, -0.15) is 5.26 Å². The SMILES string of the molecule is CC(=O)Nc1nnc(SCc2ccc(C#N)cc2)s1. The van der Waals surface area contributed by atoms with Gasteiger partial charge in [0.15, 0.2) is 4.34 Å². The smallest absolute Gasteiger partial charge is 0.223 e. The third kappa shape index (κ3) is 4.05. The molecule has 5 nitrogen and oxygen atoms in total. The number of hydrogen-bond donors (Lipinski definition) is 1. The average molecular weight is 290 g/mol. The minimum Gasteiger partial charge on any atom is -0.301 e. The number of amides is 1. The highest BCUT2D eigenvalue weighted by Crippen LogP contribution is 2.28. The first-order valence-corrected chi connectivity index (χ1v) is 7.20. The van der Waals surface area contributed by atoms with E-state index in [-0.39, 0.29) is 5.91 Å². The number of nitrogens with one attached hydrogen (secondary N) is 1. The maximum absolute atomic E-state index is 10.9. The molecule has 96 valence electrons. The fourth-order valence-electron chi connectivity index (χ4n) is 1.29. The molecule has 1 heterocycles. The molecule has 0 bridgehead atoms. The van der Waals surface area contributed by atoms with E-state index in [2.05, 4.69) is 21.6 Å². The zero-order valence-electron chi connectivity index (χ0n) is 10.1. The summed E-state index contributed by atoms with van der Waals surface area (Å²) in [5, 5.41) is 19.7. The van der Waals surface area contributed by atoms with Gasteiger partial charge in [0.1, 0.15) is 0 Å². The topological polar surface area (TPSA) is 78.7 Å². The van der Waals surface area contributed by atoms with Crippen LogP contribution in [-0.4, -0.2) is 16.1 Å². The number of hydrogen-bond acceptors (Lipinski definition) is 6. The van der Waals surface area contributed by atoms with Gasteiger partial charge in [-0.3, -0.25) is 4.79 Å². The third-order valence-electron chi connectivity index (χ3n) is 2.13. The molecule has 1 amide bonds. The van der Waals surface area contributed by atoms with E-state index in [4.69, 9.17) is 5.26 Å². The van der Waals surface area contributed by atoms with Crippen molar-refractivity contribution < 1.29 is 4.79 Å². The lowest BCUT2D eigenvalue weighted by Gasteiger charge is -1.98. The van der Waals surface area contributed by atoms with Gasteiger partial charge in [-0.15, -0.1) is 10.2 Å². The number of carbonyl (C=O) groups is 1. The first-order chi connectivity index (χ1) is 9.17. The Morgan fingerprint density at radius 2 is 2.16 bits per heavy atom. The Labute approximate surface area is 118 Å². The lowest BCUT2D eigenvalue weighted by molar-refractivity contribution is -0.114. The Morgan fingerprint density at radius 3 is 2.79 bits per heavy atom. The van der Waals surface area contributed by atoms with Crippen LogP contribution in [0.1, 0.15) is 18.1 Å². The molecule has 1 aromatic heterocycles. The van der Waals surface area contributed by atoms with Crippen LogP contribution in [0, 0.1) is 11.3 Å². The van der Waals surface area contributed by atoms with Gasteiger partial charge >= 0.3 is 0 Å². The van der Waals surface area contributed by atoms with Crippen molar-refractivity contribution in [2.75, 3.05) is 5.32 Å². The molecule has 0 saturated carbocycles. The van der Waals surface area contributed by atoms with Crippen LogP contribution < -0.4 is 5.32 Å². The quantitative estimate of drug-likeness (QED) is 0.691. The van der Waals surface area contributed by atoms with Crippen LogP contribution in [0.4, 0.5) is 5.13 Å². The molecule has 1 N–H and O–H groups in total. The molecular formula is C12H10N4OS2. The number of anilines is 1. The molecule has 0 saturated heterocycles.